The summed E-state index contributed by atoms with van der Waals surface area (Å²) in [5.41, 5.74) is 0.423. The van der Waals surface area contributed by atoms with Crippen molar-refractivity contribution < 1.29 is 13.9 Å². The van der Waals surface area contributed by atoms with Crippen molar-refractivity contribution in [2.75, 3.05) is 26.7 Å². The van der Waals surface area contributed by atoms with E-state index in [1.54, 1.807) is 0 Å². The molecule has 1 fully saturated rings. The van der Waals surface area contributed by atoms with Crippen LogP contribution in [0.1, 0.15) is 23.2 Å². The molecule has 0 atom stereocenters. The van der Waals surface area contributed by atoms with E-state index in [0.29, 0.717) is 18.0 Å². The Morgan fingerprint density at radius 3 is 2.89 bits per heavy atom. The molecule has 5 heteroatoms. The van der Waals surface area contributed by atoms with Gasteiger partial charge in [-0.2, -0.15) is 0 Å². The topological polar surface area (TPSA) is 50.4 Å². The Hall–Kier alpha value is -1.62. The minimum absolute atomic E-state index is 0.0921. The Bertz CT molecular complexity index is 445. The number of carbonyl (C=O) groups excluding carboxylic acids is 1. The zero-order valence-electron chi connectivity index (χ0n) is 11.0. The molecular weight excluding hydrogens is 247 g/mol. The van der Waals surface area contributed by atoms with Crippen LogP contribution in [0.4, 0.5) is 4.39 Å². The first-order valence-corrected chi connectivity index (χ1v) is 6.53. The number of hydrogen-bond donors (Lipinski definition) is 2. The third kappa shape index (κ3) is 3.67. The maximum Gasteiger partial charge on any atom is 0.251 e. The van der Waals surface area contributed by atoms with Gasteiger partial charge in [0.25, 0.3) is 5.91 Å². The van der Waals surface area contributed by atoms with E-state index in [9.17, 15) is 9.18 Å². The molecule has 0 spiro atoms. The summed E-state index contributed by atoms with van der Waals surface area (Å²) in [5, 5.41) is 6.18. The zero-order chi connectivity index (χ0) is 13.7. The summed E-state index contributed by atoms with van der Waals surface area (Å²) in [5.74, 6) is -0.0312. The highest BCUT2D eigenvalue weighted by Crippen LogP contribution is 2.18. The molecule has 1 aliphatic rings. The SMILES string of the molecule is COc1cc(C(=O)NCC2CCNCC2)ccc1F. The Kier molecular flexibility index (Phi) is 4.74. The van der Waals surface area contributed by atoms with Crippen LogP contribution in [0.15, 0.2) is 18.2 Å². The van der Waals surface area contributed by atoms with Gasteiger partial charge in [-0.1, -0.05) is 0 Å². The van der Waals surface area contributed by atoms with Crippen LogP contribution in [0.25, 0.3) is 0 Å². The molecule has 2 rings (SSSR count). The van der Waals surface area contributed by atoms with Crippen molar-refractivity contribution in [3.63, 3.8) is 0 Å². The molecule has 0 radical (unpaired) electrons. The summed E-state index contributed by atoms with van der Waals surface area (Å²) in [7, 11) is 1.38. The Morgan fingerprint density at radius 1 is 1.47 bits per heavy atom. The number of hydrogen-bond acceptors (Lipinski definition) is 3. The third-order valence-electron chi connectivity index (χ3n) is 3.42. The number of carbonyl (C=O) groups is 1. The van der Waals surface area contributed by atoms with Gasteiger partial charge in [-0.15, -0.1) is 0 Å². The van der Waals surface area contributed by atoms with Gasteiger partial charge < -0.3 is 15.4 Å². The fraction of sp³-hybridized carbons (Fsp3) is 0.500. The quantitative estimate of drug-likeness (QED) is 0.869. The fourth-order valence-corrected chi connectivity index (χ4v) is 2.23. The smallest absolute Gasteiger partial charge is 0.251 e. The highest BCUT2D eigenvalue weighted by Gasteiger charge is 2.15. The van der Waals surface area contributed by atoms with E-state index in [2.05, 4.69) is 10.6 Å². The monoisotopic (exact) mass is 266 g/mol. The largest absolute Gasteiger partial charge is 0.494 e. The second-order valence-electron chi connectivity index (χ2n) is 4.75. The molecule has 0 bridgehead atoms. The minimum Gasteiger partial charge on any atom is -0.494 e. The summed E-state index contributed by atoms with van der Waals surface area (Å²) in [6, 6.07) is 4.14. The zero-order valence-corrected chi connectivity index (χ0v) is 11.0. The van der Waals surface area contributed by atoms with Crippen LogP contribution in [-0.4, -0.2) is 32.7 Å². The number of benzene rings is 1. The lowest BCUT2D eigenvalue weighted by Gasteiger charge is -2.22. The van der Waals surface area contributed by atoms with Crippen molar-refractivity contribution in [1.82, 2.24) is 10.6 Å². The summed E-state index contributed by atoms with van der Waals surface area (Å²) in [6.45, 7) is 2.68. The van der Waals surface area contributed by atoms with Crippen molar-refractivity contribution >= 4 is 5.91 Å². The molecule has 1 aromatic carbocycles. The van der Waals surface area contributed by atoms with Crippen molar-refractivity contribution in [2.45, 2.75) is 12.8 Å². The number of halogens is 1. The molecule has 0 unspecified atom stereocenters. The highest BCUT2D eigenvalue weighted by molar-refractivity contribution is 5.94. The molecular formula is C14H19FN2O2. The maximum atomic E-state index is 13.2. The molecule has 2 N–H and O–H groups in total. The number of nitrogens with one attached hydrogen (secondary N) is 2. The van der Waals surface area contributed by atoms with Crippen molar-refractivity contribution in [1.29, 1.82) is 0 Å². The van der Waals surface area contributed by atoms with Gasteiger partial charge >= 0.3 is 0 Å². The molecule has 0 aliphatic carbocycles. The van der Waals surface area contributed by atoms with E-state index in [4.69, 9.17) is 4.74 Å². The van der Waals surface area contributed by atoms with Crippen molar-refractivity contribution in [3.8, 4) is 5.75 Å². The van der Waals surface area contributed by atoms with Gasteiger partial charge in [0.15, 0.2) is 11.6 Å². The van der Waals surface area contributed by atoms with Gasteiger partial charge in [-0.3, -0.25) is 4.79 Å². The Balaban J connectivity index is 1.92. The van der Waals surface area contributed by atoms with E-state index in [0.717, 1.165) is 25.9 Å². The van der Waals surface area contributed by atoms with Gasteiger partial charge in [0, 0.05) is 12.1 Å². The lowest BCUT2D eigenvalue weighted by atomic mass is 9.98. The number of piperidine rings is 1. The third-order valence-corrected chi connectivity index (χ3v) is 3.42. The first-order valence-electron chi connectivity index (χ1n) is 6.53. The van der Waals surface area contributed by atoms with Crippen LogP contribution >= 0.6 is 0 Å². The lowest BCUT2D eigenvalue weighted by Crippen LogP contribution is -2.35. The molecule has 104 valence electrons. The number of ether oxygens (including phenoxy) is 1. The van der Waals surface area contributed by atoms with Gasteiger partial charge in [-0.05, 0) is 50.0 Å². The standard InChI is InChI=1S/C14H19FN2O2/c1-19-13-8-11(2-3-12(13)15)14(18)17-9-10-4-6-16-7-5-10/h2-3,8,10,16H,4-7,9H2,1H3,(H,17,18). The van der Waals surface area contributed by atoms with Crippen LogP contribution in [-0.2, 0) is 0 Å². The predicted octanol–water partition coefficient (Wildman–Crippen LogP) is 1.56. The molecule has 1 aromatic rings. The summed E-state index contributed by atoms with van der Waals surface area (Å²) < 4.78 is 18.1. The molecule has 4 nitrogen and oxygen atoms in total. The second-order valence-corrected chi connectivity index (χ2v) is 4.75. The average molecular weight is 266 g/mol. The minimum atomic E-state index is -0.461. The number of amides is 1. The van der Waals surface area contributed by atoms with Crippen LogP contribution in [0.2, 0.25) is 0 Å². The van der Waals surface area contributed by atoms with E-state index in [1.165, 1.54) is 25.3 Å². The predicted molar refractivity (Wildman–Crippen MR) is 70.9 cm³/mol. The summed E-state index contributed by atoms with van der Waals surface area (Å²) >= 11 is 0. The van der Waals surface area contributed by atoms with Crippen LogP contribution in [0.3, 0.4) is 0 Å². The van der Waals surface area contributed by atoms with Crippen molar-refractivity contribution in [2.24, 2.45) is 5.92 Å². The Labute approximate surface area is 112 Å². The maximum absolute atomic E-state index is 13.2. The van der Waals surface area contributed by atoms with E-state index in [-0.39, 0.29) is 11.7 Å². The van der Waals surface area contributed by atoms with Gasteiger partial charge in [0.1, 0.15) is 0 Å². The molecule has 1 saturated heterocycles. The second kappa shape index (κ2) is 6.52. The first-order chi connectivity index (χ1) is 9.20. The average Bonchev–Trinajstić information content (AvgIpc) is 2.46. The molecule has 1 aliphatic heterocycles. The van der Waals surface area contributed by atoms with E-state index < -0.39 is 5.82 Å². The van der Waals surface area contributed by atoms with Crippen LogP contribution in [0, 0.1) is 11.7 Å². The van der Waals surface area contributed by atoms with E-state index >= 15 is 0 Å². The normalized spacial score (nSPS) is 16.1. The lowest BCUT2D eigenvalue weighted by molar-refractivity contribution is 0.0944. The van der Waals surface area contributed by atoms with Gasteiger partial charge in [0.05, 0.1) is 7.11 Å². The highest BCUT2D eigenvalue weighted by atomic mass is 19.1. The van der Waals surface area contributed by atoms with Gasteiger partial charge in [0.2, 0.25) is 0 Å². The van der Waals surface area contributed by atoms with Crippen LogP contribution < -0.4 is 15.4 Å². The number of rotatable bonds is 4. The molecule has 19 heavy (non-hydrogen) atoms. The van der Waals surface area contributed by atoms with E-state index in [1.807, 2.05) is 0 Å². The molecule has 0 aromatic heterocycles. The Morgan fingerprint density at radius 2 is 2.21 bits per heavy atom. The fourth-order valence-electron chi connectivity index (χ4n) is 2.23. The molecule has 0 saturated carbocycles. The van der Waals surface area contributed by atoms with Crippen LogP contribution in [0.5, 0.6) is 5.75 Å². The molecule has 1 heterocycles. The first kappa shape index (κ1) is 13.8. The van der Waals surface area contributed by atoms with Crippen molar-refractivity contribution in [3.05, 3.63) is 29.6 Å². The van der Waals surface area contributed by atoms with Gasteiger partial charge in [-0.25, -0.2) is 4.39 Å². The summed E-state index contributed by atoms with van der Waals surface area (Å²) in [4.78, 5) is 12.0. The molecule has 1 amide bonds. The number of methoxy groups -OCH3 is 1. The summed E-state index contributed by atoms with van der Waals surface area (Å²) in [6.07, 6.45) is 2.15.